The first-order valence-electron chi connectivity index (χ1n) is 12.4. The molecule has 2 aromatic heterocycles. The molecular formula is C26H29F2N5O2. The van der Waals surface area contributed by atoms with E-state index in [1.807, 2.05) is 30.2 Å². The Bertz CT molecular complexity index is 1280. The van der Waals surface area contributed by atoms with Gasteiger partial charge in [-0.1, -0.05) is 25.1 Å². The Labute approximate surface area is 202 Å². The van der Waals surface area contributed by atoms with E-state index in [-0.39, 0.29) is 24.7 Å². The van der Waals surface area contributed by atoms with Crippen LogP contribution >= 0.6 is 0 Å². The molecule has 4 heterocycles. The molecule has 0 N–H and O–H groups in total. The molecule has 1 saturated carbocycles. The van der Waals surface area contributed by atoms with Gasteiger partial charge in [0.2, 0.25) is 11.8 Å². The predicted molar refractivity (Wildman–Crippen MR) is 129 cm³/mol. The molecule has 9 heteroatoms. The molecule has 6 rings (SSSR count). The van der Waals surface area contributed by atoms with Crippen LogP contribution < -0.4 is 4.90 Å². The maximum absolute atomic E-state index is 13.7. The number of ether oxygens (including phenoxy) is 1. The Morgan fingerprint density at radius 2 is 1.97 bits per heavy atom. The Morgan fingerprint density at radius 3 is 2.71 bits per heavy atom. The minimum Gasteiger partial charge on any atom is -0.378 e. The zero-order chi connectivity index (χ0) is 24.2. The summed E-state index contributed by atoms with van der Waals surface area (Å²) in [5.41, 5.74) is 2.62. The first-order chi connectivity index (χ1) is 16.9. The molecule has 0 bridgehead atoms. The molecule has 1 saturated heterocycles. The third-order valence-electron chi connectivity index (χ3n) is 7.49. The number of alkyl halides is 2. The number of carbonyl (C=O) groups excluding carboxylic acids is 1. The van der Waals surface area contributed by atoms with Gasteiger partial charge in [0.1, 0.15) is 11.6 Å². The number of fused-ring (bicyclic) bond motifs is 2. The topological polar surface area (TPSA) is 63.5 Å². The van der Waals surface area contributed by atoms with Crippen molar-refractivity contribution in [3.63, 3.8) is 0 Å². The number of rotatable bonds is 4. The minimum absolute atomic E-state index is 0.0925. The highest BCUT2D eigenvalue weighted by Crippen LogP contribution is 2.49. The molecule has 1 amide bonds. The fourth-order valence-corrected chi connectivity index (χ4v) is 5.54. The molecule has 0 atom stereocenters. The number of halogens is 2. The standard InChI is InChI=1S/C26H29F2N5O2/c1-2-23(34)32-6-7-33-21(16-32)24(30-25(33)18-13-26(27,28)14-18)19-5-3-4-17-12-22(29-15-20(17)19)31-8-10-35-11-9-31/h3-5,12,15,18H,2,6-11,13-14,16H2,1H3. The summed E-state index contributed by atoms with van der Waals surface area (Å²) in [6.45, 7) is 6.45. The van der Waals surface area contributed by atoms with Gasteiger partial charge in [0.15, 0.2) is 0 Å². The first kappa shape index (κ1) is 22.4. The van der Waals surface area contributed by atoms with E-state index in [9.17, 15) is 13.6 Å². The normalized spacial score (nSPS) is 20.1. The van der Waals surface area contributed by atoms with Gasteiger partial charge in [0.25, 0.3) is 0 Å². The van der Waals surface area contributed by atoms with Crippen molar-refractivity contribution in [3.05, 3.63) is 42.0 Å². The third kappa shape index (κ3) is 3.95. The molecule has 2 fully saturated rings. The van der Waals surface area contributed by atoms with Gasteiger partial charge in [-0.15, -0.1) is 0 Å². The Hall–Kier alpha value is -3.07. The Kier molecular flexibility index (Phi) is 5.47. The maximum Gasteiger partial charge on any atom is 0.249 e. The minimum atomic E-state index is -2.62. The van der Waals surface area contributed by atoms with Crippen LogP contribution in [0.4, 0.5) is 14.6 Å². The van der Waals surface area contributed by atoms with Gasteiger partial charge >= 0.3 is 0 Å². The fourth-order valence-electron chi connectivity index (χ4n) is 5.54. The van der Waals surface area contributed by atoms with Crippen LogP contribution in [-0.2, 0) is 22.6 Å². The summed E-state index contributed by atoms with van der Waals surface area (Å²) in [5.74, 6) is -1.14. The largest absolute Gasteiger partial charge is 0.378 e. The van der Waals surface area contributed by atoms with E-state index in [0.717, 1.165) is 52.5 Å². The van der Waals surface area contributed by atoms with Gasteiger partial charge in [0, 0.05) is 68.5 Å². The summed E-state index contributed by atoms with van der Waals surface area (Å²) >= 11 is 0. The summed E-state index contributed by atoms with van der Waals surface area (Å²) in [6, 6.07) is 8.17. The number of imidazole rings is 1. The predicted octanol–water partition coefficient (Wildman–Crippen LogP) is 4.20. The number of benzene rings is 1. The second-order valence-electron chi connectivity index (χ2n) is 9.72. The van der Waals surface area contributed by atoms with Gasteiger partial charge in [-0.05, 0) is 11.5 Å². The van der Waals surface area contributed by atoms with E-state index in [1.54, 1.807) is 0 Å². The lowest BCUT2D eigenvalue weighted by Crippen LogP contribution is -2.40. The maximum atomic E-state index is 13.7. The van der Waals surface area contributed by atoms with Crippen LogP contribution in [0.25, 0.3) is 22.0 Å². The molecule has 35 heavy (non-hydrogen) atoms. The molecular weight excluding hydrogens is 452 g/mol. The third-order valence-corrected chi connectivity index (χ3v) is 7.49. The number of hydrogen-bond donors (Lipinski definition) is 0. The van der Waals surface area contributed by atoms with Crippen molar-refractivity contribution >= 4 is 22.5 Å². The summed E-state index contributed by atoms with van der Waals surface area (Å²) in [7, 11) is 0. The summed E-state index contributed by atoms with van der Waals surface area (Å²) < 4.78 is 35.0. The van der Waals surface area contributed by atoms with Gasteiger partial charge in [0.05, 0.1) is 31.1 Å². The number of hydrogen-bond acceptors (Lipinski definition) is 5. The summed E-state index contributed by atoms with van der Waals surface area (Å²) in [4.78, 5) is 26.3. The highest BCUT2D eigenvalue weighted by atomic mass is 19.3. The highest BCUT2D eigenvalue weighted by molar-refractivity contribution is 5.97. The lowest BCUT2D eigenvalue weighted by molar-refractivity contribution is -0.132. The van der Waals surface area contributed by atoms with E-state index >= 15 is 0 Å². The zero-order valence-electron chi connectivity index (χ0n) is 19.8. The van der Waals surface area contributed by atoms with Gasteiger partial charge in [-0.2, -0.15) is 0 Å². The van der Waals surface area contributed by atoms with Crippen LogP contribution in [0.1, 0.15) is 43.6 Å². The van der Waals surface area contributed by atoms with E-state index in [0.29, 0.717) is 39.3 Å². The van der Waals surface area contributed by atoms with Crippen molar-refractivity contribution in [2.24, 2.45) is 0 Å². The molecule has 3 aliphatic rings. The SMILES string of the molecule is CCC(=O)N1CCn2c(C3CC(F)(F)C3)nc(-c3cccc4cc(N5CCOCC5)ncc34)c2C1. The van der Waals surface area contributed by atoms with E-state index in [4.69, 9.17) is 14.7 Å². The van der Waals surface area contributed by atoms with Crippen LogP contribution in [0.15, 0.2) is 30.5 Å². The van der Waals surface area contributed by atoms with Crippen LogP contribution in [0.5, 0.6) is 0 Å². The van der Waals surface area contributed by atoms with Crippen molar-refractivity contribution in [1.29, 1.82) is 0 Å². The molecule has 0 radical (unpaired) electrons. The lowest BCUT2D eigenvalue weighted by atomic mass is 9.80. The molecule has 1 aliphatic carbocycles. The Morgan fingerprint density at radius 1 is 1.17 bits per heavy atom. The number of nitrogens with zero attached hydrogens (tertiary/aromatic N) is 5. The van der Waals surface area contributed by atoms with Crippen molar-refractivity contribution in [1.82, 2.24) is 19.4 Å². The monoisotopic (exact) mass is 481 g/mol. The molecule has 3 aromatic rings. The zero-order valence-corrected chi connectivity index (χ0v) is 19.8. The van der Waals surface area contributed by atoms with Crippen molar-refractivity contribution in [2.75, 3.05) is 37.7 Å². The summed E-state index contributed by atoms with van der Waals surface area (Å²) in [6.07, 6.45) is 1.99. The number of pyridine rings is 1. The van der Waals surface area contributed by atoms with Crippen LogP contribution in [-0.4, -0.2) is 64.1 Å². The average molecular weight is 482 g/mol. The quantitative estimate of drug-likeness (QED) is 0.559. The van der Waals surface area contributed by atoms with Crippen molar-refractivity contribution < 1.29 is 18.3 Å². The van der Waals surface area contributed by atoms with E-state index in [1.165, 1.54) is 0 Å². The number of amides is 1. The molecule has 2 aliphatic heterocycles. The fraction of sp³-hybridized carbons (Fsp3) is 0.500. The highest BCUT2D eigenvalue weighted by Gasteiger charge is 2.48. The van der Waals surface area contributed by atoms with E-state index in [2.05, 4.69) is 21.6 Å². The van der Waals surface area contributed by atoms with E-state index < -0.39 is 5.92 Å². The number of anilines is 1. The van der Waals surface area contributed by atoms with Crippen molar-refractivity contribution in [2.45, 2.75) is 51.1 Å². The second-order valence-corrected chi connectivity index (χ2v) is 9.72. The van der Waals surface area contributed by atoms with Crippen LogP contribution in [0, 0.1) is 0 Å². The molecule has 0 unspecified atom stereocenters. The van der Waals surface area contributed by atoms with Gasteiger partial charge in [-0.3, -0.25) is 4.79 Å². The molecule has 184 valence electrons. The molecule has 7 nitrogen and oxygen atoms in total. The Balaban J connectivity index is 1.43. The second kappa shape index (κ2) is 8.55. The van der Waals surface area contributed by atoms with Gasteiger partial charge < -0.3 is 19.1 Å². The number of aromatic nitrogens is 3. The number of morpholine rings is 1. The smallest absolute Gasteiger partial charge is 0.249 e. The average Bonchev–Trinajstić information content (AvgIpc) is 3.25. The molecule has 0 spiro atoms. The summed E-state index contributed by atoms with van der Waals surface area (Å²) in [5, 5.41) is 2.02. The van der Waals surface area contributed by atoms with Crippen LogP contribution in [0.3, 0.4) is 0 Å². The van der Waals surface area contributed by atoms with Gasteiger partial charge in [-0.25, -0.2) is 18.7 Å². The van der Waals surface area contributed by atoms with Crippen molar-refractivity contribution in [3.8, 4) is 11.3 Å². The molecule has 1 aromatic carbocycles. The number of carbonyl (C=O) groups is 1. The lowest BCUT2D eigenvalue weighted by Gasteiger charge is -2.36. The first-order valence-corrected chi connectivity index (χ1v) is 12.4. The van der Waals surface area contributed by atoms with Crippen LogP contribution in [0.2, 0.25) is 0 Å².